The van der Waals surface area contributed by atoms with Crippen LogP contribution in [0.5, 0.6) is 5.75 Å². The number of hydrogen-bond acceptors (Lipinski definition) is 6. The van der Waals surface area contributed by atoms with Crippen molar-refractivity contribution in [2.45, 2.75) is 44.9 Å². The first-order valence-electron chi connectivity index (χ1n) is 12.1. The second kappa shape index (κ2) is 8.28. The predicted octanol–water partition coefficient (Wildman–Crippen LogP) is 4.66. The summed E-state index contributed by atoms with van der Waals surface area (Å²) in [6.45, 7) is 5.38. The number of carbonyl (C=O) groups is 1. The van der Waals surface area contributed by atoms with Gasteiger partial charge in [0, 0.05) is 42.5 Å². The van der Waals surface area contributed by atoms with Crippen molar-refractivity contribution in [3.8, 4) is 5.75 Å². The molecular formula is C26H30N4O2S. The molecule has 1 saturated carbocycles. The summed E-state index contributed by atoms with van der Waals surface area (Å²) in [7, 11) is 1.64. The molecule has 1 aliphatic heterocycles. The van der Waals surface area contributed by atoms with Gasteiger partial charge in [0.15, 0.2) is 0 Å². The van der Waals surface area contributed by atoms with Crippen molar-refractivity contribution >= 4 is 33.3 Å². The first kappa shape index (κ1) is 20.9. The van der Waals surface area contributed by atoms with Crippen LogP contribution in [-0.4, -0.2) is 54.1 Å². The van der Waals surface area contributed by atoms with Gasteiger partial charge in [-0.1, -0.05) is 6.92 Å². The lowest BCUT2D eigenvalue weighted by Gasteiger charge is -2.36. The smallest absolute Gasteiger partial charge is 0.253 e. The number of thiophene rings is 1. The van der Waals surface area contributed by atoms with Crippen LogP contribution in [0, 0.1) is 5.92 Å². The summed E-state index contributed by atoms with van der Waals surface area (Å²) in [5.74, 6) is 4.28. The first-order chi connectivity index (χ1) is 16.1. The minimum Gasteiger partial charge on any atom is -0.497 e. The number of benzene rings is 1. The Hall–Kier alpha value is -2.67. The third-order valence-corrected chi connectivity index (χ3v) is 8.45. The maximum absolute atomic E-state index is 13.0. The second-order valence-corrected chi connectivity index (χ2v) is 10.8. The van der Waals surface area contributed by atoms with Crippen LogP contribution >= 0.6 is 11.3 Å². The summed E-state index contributed by atoms with van der Waals surface area (Å²) < 4.78 is 5.22. The minimum absolute atomic E-state index is 0.0886. The fourth-order valence-electron chi connectivity index (χ4n) is 5.13. The van der Waals surface area contributed by atoms with Crippen molar-refractivity contribution in [1.29, 1.82) is 0 Å². The Balaban J connectivity index is 1.27. The highest BCUT2D eigenvalue weighted by Gasteiger charge is 2.32. The molecule has 2 aromatic heterocycles. The molecule has 1 atom stereocenters. The summed E-state index contributed by atoms with van der Waals surface area (Å²) in [5, 5.41) is 1.29. The van der Waals surface area contributed by atoms with Gasteiger partial charge in [0.1, 0.15) is 22.2 Å². The van der Waals surface area contributed by atoms with Crippen LogP contribution in [-0.2, 0) is 12.8 Å². The summed E-state index contributed by atoms with van der Waals surface area (Å²) in [5.41, 5.74) is 2.20. The fraction of sp³-hybridized carbons (Fsp3) is 0.500. The zero-order chi connectivity index (χ0) is 22.5. The molecule has 0 bridgehead atoms. The normalized spacial score (nSPS) is 20.7. The Bertz CT molecular complexity index is 1190. The van der Waals surface area contributed by atoms with Crippen LogP contribution in [0.4, 0.5) is 5.82 Å². The zero-order valence-electron chi connectivity index (χ0n) is 19.3. The largest absolute Gasteiger partial charge is 0.497 e. The van der Waals surface area contributed by atoms with Gasteiger partial charge in [0.2, 0.25) is 0 Å². The van der Waals surface area contributed by atoms with Gasteiger partial charge in [0.25, 0.3) is 5.91 Å². The van der Waals surface area contributed by atoms with Gasteiger partial charge >= 0.3 is 0 Å². The molecule has 6 nitrogen and oxygen atoms in total. The van der Waals surface area contributed by atoms with Crippen LogP contribution in [0.3, 0.4) is 0 Å². The number of aryl methyl sites for hydroxylation is 1. The number of amides is 1. The molecule has 2 aliphatic carbocycles. The van der Waals surface area contributed by atoms with Crippen LogP contribution in [0.25, 0.3) is 10.2 Å². The summed E-state index contributed by atoms with van der Waals surface area (Å²) >= 11 is 1.89. The average molecular weight is 463 g/mol. The number of piperazine rings is 1. The van der Waals surface area contributed by atoms with Gasteiger partial charge in [-0.3, -0.25) is 4.79 Å². The number of methoxy groups -OCH3 is 1. The highest BCUT2D eigenvalue weighted by molar-refractivity contribution is 7.19. The summed E-state index contributed by atoms with van der Waals surface area (Å²) in [6, 6.07) is 7.40. The van der Waals surface area contributed by atoms with Crippen LogP contribution in [0.2, 0.25) is 0 Å². The van der Waals surface area contributed by atoms with Crippen LogP contribution < -0.4 is 9.64 Å². The molecule has 33 heavy (non-hydrogen) atoms. The van der Waals surface area contributed by atoms with Crippen molar-refractivity contribution in [3.05, 3.63) is 46.1 Å². The lowest BCUT2D eigenvalue weighted by molar-refractivity contribution is 0.0746. The number of ether oxygens (including phenoxy) is 1. The average Bonchev–Trinajstić information content (AvgIpc) is 3.64. The molecule has 1 saturated heterocycles. The van der Waals surface area contributed by atoms with E-state index in [4.69, 9.17) is 14.7 Å². The molecule has 3 aromatic rings. The Labute approximate surface area is 198 Å². The Morgan fingerprint density at radius 1 is 1.06 bits per heavy atom. The van der Waals surface area contributed by atoms with Crippen molar-refractivity contribution < 1.29 is 9.53 Å². The van der Waals surface area contributed by atoms with E-state index in [1.54, 1.807) is 7.11 Å². The second-order valence-electron chi connectivity index (χ2n) is 9.72. The molecule has 1 aromatic carbocycles. The van der Waals surface area contributed by atoms with Crippen molar-refractivity contribution in [3.63, 3.8) is 0 Å². The number of carbonyl (C=O) groups excluding carboxylic acids is 1. The number of rotatable bonds is 4. The molecule has 1 unspecified atom stereocenters. The third-order valence-electron chi connectivity index (χ3n) is 7.30. The van der Waals surface area contributed by atoms with Gasteiger partial charge in [-0.2, -0.15) is 0 Å². The van der Waals surface area contributed by atoms with Gasteiger partial charge in [-0.05, 0) is 67.9 Å². The molecule has 3 aliphatic rings. The topological polar surface area (TPSA) is 58.6 Å². The molecule has 3 heterocycles. The van der Waals surface area contributed by atoms with Crippen LogP contribution in [0.1, 0.15) is 58.7 Å². The maximum Gasteiger partial charge on any atom is 0.253 e. The maximum atomic E-state index is 13.0. The van der Waals surface area contributed by atoms with E-state index < -0.39 is 0 Å². The van der Waals surface area contributed by atoms with E-state index in [-0.39, 0.29) is 5.91 Å². The zero-order valence-corrected chi connectivity index (χ0v) is 20.2. The molecule has 6 rings (SSSR count). The van der Waals surface area contributed by atoms with E-state index in [2.05, 4.69) is 11.8 Å². The molecule has 7 heteroatoms. The van der Waals surface area contributed by atoms with E-state index in [0.29, 0.717) is 24.6 Å². The minimum atomic E-state index is 0.0886. The van der Waals surface area contributed by atoms with Gasteiger partial charge < -0.3 is 14.5 Å². The summed E-state index contributed by atoms with van der Waals surface area (Å²) in [6.07, 6.45) is 5.95. The first-order valence-corrected chi connectivity index (χ1v) is 12.9. The molecular weight excluding hydrogens is 432 g/mol. The van der Waals surface area contributed by atoms with E-state index in [1.807, 2.05) is 40.5 Å². The van der Waals surface area contributed by atoms with Crippen molar-refractivity contribution in [1.82, 2.24) is 14.9 Å². The number of hydrogen-bond donors (Lipinski definition) is 0. The Morgan fingerprint density at radius 2 is 1.82 bits per heavy atom. The monoisotopic (exact) mass is 462 g/mol. The number of anilines is 1. The molecule has 1 amide bonds. The number of nitrogens with zero attached hydrogens (tertiary/aromatic N) is 4. The fourth-order valence-corrected chi connectivity index (χ4v) is 6.51. The standard InChI is InChI=1S/C26H30N4O2S/c1-16-3-10-20-21(15-16)33-25-22(20)24(27-23(28-25)17-4-5-17)29-11-13-30(14-12-29)26(31)18-6-8-19(32-2)9-7-18/h6-9,16-17H,3-5,10-15H2,1-2H3. The lowest BCUT2D eigenvalue weighted by Crippen LogP contribution is -2.49. The van der Waals surface area contributed by atoms with Crippen molar-refractivity contribution in [2.24, 2.45) is 5.92 Å². The van der Waals surface area contributed by atoms with Crippen LogP contribution in [0.15, 0.2) is 24.3 Å². The Kier molecular flexibility index (Phi) is 5.24. The lowest BCUT2D eigenvalue weighted by atomic mass is 9.89. The quantitative estimate of drug-likeness (QED) is 0.564. The van der Waals surface area contributed by atoms with E-state index in [9.17, 15) is 4.79 Å². The highest BCUT2D eigenvalue weighted by atomic mass is 32.1. The molecule has 0 N–H and O–H groups in total. The van der Waals surface area contributed by atoms with Gasteiger partial charge in [0.05, 0.1) is 12.5 Å². The van der Waals surface area contributed by atoms with E-state index in [1.165, 1.54) is 46.3 Å². The van der Waals surface area contributed by atoms with Gasteiger partial charge in [-0.25, -0.2) is 9.97 Å². The van der Waals surface area contributed by atoms with Crippen molar-refractivity contribution in [2.75, 3.05) is 38.2 Å². The summed E-state index contributed by atoms with van der Waals surface area (Å²) in [4.78, 5) is 30.2. The predicted molar refractivity (Wildman–Crippen MR) is 132 cm³/mol. The highest BCUT2D eigenvalue weighted by Crippen LogP contribution is 2.44. The molecule has 0 spiro atoms. The number of aromatic nitrogens is 2. The van der Waals surface area contributed by atoms with E-state index in [0.717, 1.165) is 42.8 Å². The van der Waals surface area contributed by atoms with E-state index >= 15 is 0 Å². The molecule has 2 fully saturated rings. The Morgan fingerprint density at radius 3 is 2.52 bits per heavy atom. The number of fused-ring (bicyclic) bond motifs is 3. The SMILES string of the molecule is COc1ccc(C(=O)N2CCN(c3nc(C4CC4)nc4sc5c(c34)CCC(C)C5)CC2)cc1. The van der Waals surface area contributed by atoms with Gasteiger partial charge in [-0.15, -0.1) is 11.3 Å². The third kappa shape index (κ3) is 3.86. The molecule has 0 radical (unpaired) electrons. The molecule has 172 valence electrons.